The van der Waals surface area contributed by atoms with E-state index in [0.29, 0.717) is 0 Å². The molecule has 1 saturated carbocycles. The third-order valence-corrected chi connectivity index (χ3v) is 3.87. The fourth-order valence-corrected chi connectivity index (χ4v) is 2.87. The molecular formula is C12H22FNO. The summed E-state index contributed by atoms with van der Waals surface area (Å²) < 4.78 is 13.9. The molecule has 2 rings (SSSR count). The van der Waals surface area contributed by atoms with Crippen molar-refractivity contribution in [2.45, 2.75) is 63.3 Å². The first-order chi connectivity index (χ1) is 7.27. The zero-order chi connectivity index (χ0) is 10.7. The molecule has 15 heavy (non-hydrogen) atoms. The molecule has 88 valence electrons. The number of rotatable bonds is 1. The van der Waals surface area contributed by atoms with Crippen LogP contribution in [0.5, 0.6) is 0 Å². The number of aliphatic hydroxyl groups excluding tert-OH is 1. The summed E-state index contributed by atoms with van der Waals surface area (Å²) in [6, 6.07) is 0.139. The van der Waals surface area contributed by atoms with Crippen LogP contribution in [0.2, 0.25) is 0 Å². The fraction of sp³-hybridized carbons (Fsp3) is 1.00. The van der Waals surface area contributed by atoms with Crippen molar-refractivity contribution in [1.82, 2.24) is 4.90 Å². The van der Waals surface area contributed by atoms with E-state index in [0.717, 1.165) is 45.2 Å². The van der Waals surface area contributed by atoms with Crippen molar-refractivity contribution >= 4 is 0 Å². The highest BCUT2D eigenvalue weighted by atomic mass is 19.1. The van der Waals surface area contributed by atoms with E-state index in [1.54, 1.807) is 0 Å². The van der Waals surface area contributed by atoms with E-state index in [1.165, 1.54) is 12.8 Å². The predicted octanol–water partition coefficient (Wildman–Crippen LogP) is 2.11. The van der Waals surface area contributed by atoms with Crippen molar-refractivity contribution in [2.24, 2.45) is 0 Å². The van der Waals surface area contributed by atoms with Crippen LogP contribution in [0, 0.1) is 0 Å². The molecule has 2 atom stereocenters. The highest BCUT2D eigenvalue weighted by Gasteiger charge is 2.30. The van der Waals surface area contributed by atoms with Crippen LogP contribution in [-0.4, -0.2) is 41.4 Å². The lowest BCUT2D eigenvalue weighted by Crippen LogP contribution is -2.46. The number of nitrogens with zero attached hydrogens (tertiary/aromatic N) is 1. The number of hydrogen-bond acceptors (Lipinski definition) is 2. The molecule has 2 nitrogen and oxygen atoms in total. The molecule has 3 heteroatoms. The van der Waals surface area contributed by atoms with Crippen LogP contribution in [0.4, 0.5) is 4.39 Å². The molecule has 0 amide bonds. The van der Waals surface area contributed by atoms with Gasteiger partial charge >= 0.3 is 0 Å². The zero-order valence-corrected chi connectivity index (χ0v) is 9.37. The van der Waals surface area contributed by atoms with Gasteiger partial charge in [0.2, 0.25) is 0 Å². The van der Waals surface area contributed by atoms with Gasteiger partial charge in [-0.25, -0.2) is 4.39 Å². The van der Waals surface area contributed by atoms with Crippen molar-refractivity contribution < 1.29 is 9.50 Å². The van der Waals surface area contributed by atoms with Gasteiger partial charge in [-0.3, -0.25) is 4.90 Å². The molecule has 1 saturated heterocycles. The lowest BCUT2D eigenvalue weighted by molar-refractivity contribution is 0.0322. The first-order valence-electron chi connectivity index (χ1n) is 6.33. The molecule has 1 N–H and O–H groups in total. The lowest BCUT2D eigenvalue weighted by Gasteiger charge is -2.37. The van der Waals surface area contributed by atoms with E-state index in [4.69, 9.17) is 0 Å². The van der Waals surface area contributed by atoms with Crippen molar-refractivity contribution in [2.75, 3.05) is 13.1 Å². The average Bonchev–Trinajstić information content (AvgIpc) is 2.44. The maximum Gasteiger partial charge on any atom is 0.116 e. The largest absolute Gasteiger partial charge is 0.393 e. The molecule has 1 aliphatic heterocycles. The van der Waals surface area contributed by atoms with Gasteiger partial charge in [0, 0.05) is 19.1 Å². The number of likely N-dealkylation sites (tertiary alicyclic amines) is 1. The van der Waals surface area contributed by atoms with E-state index in [2.05, 4.69) is 4.90 Å². The molecule has 2 aliphatic rings. The summed E-state index contributed by atoms with van der Waals surface area (Å²) in [4.78, 5) is 2.27. The number of piperidine rings is 1. The van der Waals surface area contributed by atoms with E-state index in [9.17, 15) is 9.50 Å². The predicted molar refractivity (Wildman–Crippen MR) is 58.6 cm³/mol. The second-order valence-electron chi connectivity index (χ2n) is 4.99. The minimum absolute atomic E-state index is 0.139. The van der Waals surface area contributed by atoms with E-state index < -0.39 is 6.17 Å². The molecule has 2 fully saturated rings. The van der Waals surface area contributed by atoms with Crippen LogP contribution in [0.3, 0.4) is 0 Å². The van der Waals surface area contributed by atoms with E-state index in [-0.39, 0.29) is 12.1 Å². The Morgan fingerprint density at radius 1 is 0.933 bits per heavy atom. The van der Waals surface area contributed by atoms with E-state index >= 15 is 0 Å². The molecule has 0 aromatic carbocycles. The molecule has 2 unspecified atom stereocenters. The van der Waals surface area contributed by atoms with Crippen LogP contribution in [0.1, 0.15) is 44.9 Å². The number of alkyl halides is 1. The Morgan fingerprint density at radius 3 is 2.33 bits per heavy atom. The molecule has 0 radical (unpaired) electrons. The van der Waals surface area contributed by atoms with Crippen molar-refractivity contribution in [3.8, 4) is 0 Å². The number of hydrogen-bond donors (Lipinski definition) is 1. The fourth-order valence-electron chi connectivity index (χ4n) is 2.87. The van der Waals surface area contributed by atoms with Gasteiger partial charge in [0.15, 0.2) is 0 Å². The summed E-state index contributed by atoms with van der Waals surface area (Å²) in [7, 11) is 0. The molecule has 0 bridgehead atoms. The first-order valence-corrected chi connectivity index (χ1v) is 6.33. The van der Waals surface area contributed by atoms with Crippen molar-refractivity contribution in [3.05, 3.63) is 0 Å². The molecule has 0 aromatic rings. The molecular weight excluding hydrogens is 193 g/mol. The molecule has 0 spiro atoms. The van der Waals surface area contributed by atoms with E-state index in [1.807, 2.05) is 0 Å². The monoisotopic (exact) mass is 215 g/mol. The number of aliphatic hydroxyl groups is 1. The zero-order valence-electron chi connectivity index (χ0n) is 9.37. The van der Waals surface area contributed by atoms with Crippen LogP contribution in [-0.2, 0) is 0 Å². The second-order valence-corrected chi connectivity index (χ2v) is 4.99. The quantitative estimate of drug-likeness (QED) is 0.677. The molecule has 0 aromatic heterocycles. The maximum atomic E-state index is 13.9. The Hall–Kier alpha value is -0.150. The van der Waals surface area contributed by atoms with Crippen LogP contribution in [0.15, 0.2) is 0 Å². The topological polar surface area (TPSA) is 23.5 Å². The van der Waals surface area contributed by atoms with Gasteiger partial charge in [-0.15, -0.1) is 0 Å². The lowest BCUT2D eigenvalue weighted by atomic mass is 10.0. The van der Waals surface area contributed by atoms with Crippen LogP contribution < -0.4 is 0 Å². The minimum Gasteiger partial charge on any atom is -0.393 e. The van der Waals surface area contributed by atoms with Gasteiger partial charge in [-0.2, -0.15) is 0 Å². The Labute approximate surface area is 91.5 Å². The summed E-state index contributed by atoms with van der Waals surface area (Å²) in [5.41, 5.74) is 0. The Kier molecular flexibility index (Phi) is 3.98. The van der Waals surface area contributed by atoms with Crippen molar-refractivity contribution in [1.29, 1.82) is 0 Å². The second kappa shape index (κ2) is 5.26. The highest BCUT2D eigenvalue weighted by Crippen LogP contribution is 2.26. The van der Waals surface area contributed by atoms with Gasteiger partial charge in [0.1, 0.15) is 6.17 Å². The SMILES string of the molecule is OC1CCN(C2CCCCCC2F)CC1. The maximum absolute atomic E-state index is 13.9. The highest BCUT2D eigenvalue weighted by molar-refractivity contribution is 4.85. The summed E-state index contributed by atoms with van der Waals surface area (Å²) in [5.74, 6) is 0. The average molecular weight is 215 g/mol. The molecule has 1 heterocycles. The number of halogens is 1. The van der Waals surface area contributed by atoms with Gasteiger partial charge in [0.25, 0.3) is 0 Å². The van der Waals surface area contributed by atoms with Crippen molar-refractivity contribution in [3.63, 3.8) is 0 Å². The first kappa shape index (κ1) is 11.3. The van der Waals surface area contributed by atoms with Gasteiger partial charge in [-0.1, -0.05) is 19.3 Å². The minimum atomic E-state index is -0.636. The Morgan fingerprint density at radius 2 is 1.60 bits per heavy atom. The standard InChI is InChI=1S/C12H22FNO/c13-11-4-2-1-3-5-12(11)14-8-6-10(15)7-9-14/h10-12,15H,1-9H2. The third-order valence-electron chi connectivity index (χ3n) is 3.87. The Balaban J connectivity index is 1.89. The smallest absolute Gasteiger partial charge is 0.116 e. The molecule has 1 aliphatic carbocycles. The summed E-state index contributed by atoms with van der Waals surface area (Å²) in [5, 5.41) is 9.43. The van der Waals surface area contributed by atoms with Gasteiger partial charge < -0.3 is 5.11 Å². The van der Waals surface area contributed by atoms with Crippen LogP contribution >= 0.6 is 0 Å². The van der Waals surface area contributed by atoms with Gasteiger partial charge in [0.05, 0.1) is 6.10 Å². The van der Waals surface area contributed by atoms with Gasteiger partial charge in [-0.05, 0) is 25.7 Å². The normalized spacial score (nSPS) is 36.4. The summed E-state index contributed by atoms with van der Waals surface area (Å²) in [6.45, 7) is 1.76. The van der Waals surface area contributed by atoms with Crippen LogP contribution in [0.25, 0.3) is 0 Å². The Bertz CT molecular complexity index is 192. The summed E-state index contributed by atoms with van der Waals surface area (Å²) in [6.07, 6.45) is 6.02. The third kappa shape index (κ3) is 2.91. The summed E-state index contributed by atoms with van der Waals surface area (Å²) >= 11 is 0.